The zero-order valence-corrected chi connectivity index (χ0v) is 20.1. The average molecular weight is 454 g/mol. The first-order chi connectivity index (χ1) is 15.3. The van der Waals surface area contributed by atoms with Gasteiger partial charge in [-0.05, 0) is 29.8 Å². The third-order valence-corrected chi connectivity index (χ3v) is 10.00. The number of likely N-dealkylation sites (tertiary alicyclic amines) is 1. The summed E-state index contributed by atoms with van der Waals surface area (Å²) in [6, 6.07) is 15.6. The lowest BCUT2D eigenvalue weighted by molar-refractivity contribution is -0.133. The van der Waals surface area contributed by atoms with Crippen molar-refractivity contribution in [3.8, 4) is 5.75 Å². The van der Waals surface area contributed by atoms with Gasteiger partial charge in [0.1, 0.15) is 18.1 Å². The Bertz CT molecular complexity index is 960. The number of benzene rings is 2. The molecule has 2 N–H and O–H groups in total. The third kappa shape index (κ3) is 5.19. The quantitative estimate of drug-likeness (QED) is 0.346. The van der Waals surface area contributed by atoms with Crippen LogP contribution in [0.3, 0.4) is 0 Å². The number of nitrogens with zero attached hydrogens (tertiary/aromatic N) is 1. The molecule has 1 saturated heterocycles. The van der Waals surface area contributed by atoms with Gasteiger partial charge in [0.2, 0.25) is 11.8 Å². The van der Waals surface area contributed by atoms with Crippen molar-refractivity contribution in [3.05, 3.63) is 54.1 Å². The van der Waals surface area contributed by atoms with Crippen molar-refractivity contribution in [3.63, 3.8) is 0 Å². The molecule has 0 radical (unpaired) electrons. The molecule has 8 heteroatoms. The molecule has 0 aliphatic carbocycles. The smallest absolute Gasteiger partial charge is 0.243 e. The van der Waals surface area contributed by atoms with Crippen molar-refractivity contribution in [1.82, 2.24) is 10.3 Å². The molecule has 32 heavy (non-hydrogen) atoms. The molecule has 2 aromatic carbocycles. The van der Waals surface area contributed by atoms with Crippen LogP contribution in [0.25, 0.3) is 0 Å². The summed E-state index contributed by atoms with van der Waals surface area (Å²) in [6.45, 7) is 7.07. The molecule has 0 saturated carbocycles. The lowest BCUT2D eigenvalue weighted by Crippen LogP contribution is -2.40. The van der Waals surface area contributed by atoms with Gasteiger partial charge in [-0.2, -0.15) is 0 Å². The number of nitrogens with one attached hydrogen (secondary N) is 2. The van der Waals surface area contributed by atoms with Crippen LogP contribution in [-0.2, 0) is 14.4 Å². The van der Waals surface area contributed by atoms with Crippen LogP contribution >= 0.6 is 0 Å². The van der Waals surface area contributed by atoms with Gasteiger partial charge >= 0.3 is 0 Å². The predicted molar refractivity (Wildman–Crippen MR) is 127 cm³/mol. The Labute approximate surface area is 190 Å². The number of carbonyl (C=O) groups is 3. The Morgan fingerprint density at radius 1 is 1.19 bits per heavy atom. The van der Waals surface area contributed by atoms with Crippen molar-refractivity contribution in [2.45, 2.75) is 38.5 Å². The maximum atomic E-state index is 12.7. The van der Waals surface area contributed by atoms with Crippen molar-refractivity contribution < 1.29 is 19.1 Å². The van der Waals surface area contributed by atoms with E-state index in [1.807, 2.05) is 12.1 Å². The van der Waals surface area contributed by atoms with Gasteiger partial charge in [0.15, 0.2) is 0 Å². The fourth-order valence-corrected chi connectivity index (χ4v) is 5.23. The molecule has 2 atom stereocenters. The summed E-state index contributed by atoms with van der Waals surface area (Å²) in [4.78, 5) is 38.5. The van der Waals surface area contributed by atoms with Gasteiger partial charge in [-0.25, -0.2) is 0 Å². The van der Waals surface area contributed by atoms with E-state index in [-0.39, 0.29) is 24.8 Å². The van der Waals surface area contributed by atoms with E-state index < -0.39 is 20.0 Å². The summed E-state index contributed by atoms with van der Waals surface area (Å²) in [5.41, 5.74) is 7.11. The van der Waals surface area contributed by atoms with Crippen molar-refractivity contribution in [2.24, 2.45) is 5.92 Å². The Hall–Kier alpha value is -3.13. The highest BCUT2D eigenvalue weighted by molar-refractivity contribution is 6.89. The zero-order valence-electron chi connectivity index (χ0n) is 19.1. The molecule has 0 spiro atoms. The summed E-state index contributed by atoms with van der Waals surface area (Å²) in [5, 5.41) is 1.37. The molecule has 1 heterocycles. The SMILES string of the molecule is CC[Si](C)(C)c1ccc(NNC(=O)C2CC(=O)N(C(C=O)c3ccc(OC)cc3)C2)cc1. The van der Waals surface area contributed by atoms with Gasteiger partial charge in [-0.15, -0.1) is 0 Å². The van der Waals surface area contributed by atoms with Gasteiger partial charge in [0, 0.05) is 13.0 Å². The fourth-order valence-electron chi connectivity index (χ4n) is 3.75. The topological polar surface area (TPSA) is 87.7 Å². The summed E-state index contributed by atoms with van der Waals surface area (Å²) >= 11 is 0. The van der Waals surface area contributed by atoms with Crippen LogP contribution in [0.2, 0.25) is 19.1 Å². The minimum absolute atomic E-state index is 0.0727. The number of aldehydes is 1. The second kappa shape index (κ2) is 9.99. The number of methoxy groups -OCH3 is 1. The van der Waals surface area contributed by atoms with E-state index in [1.165, 1.54) is 16.1 Å². The van der Waals surface area contributed by atoms with Crippen LogP contribution in [0.15, 0.2) is 48.5 Å². The highest BCUT2D eigenvalue weighted by Gasteiger charge is 2.38. The van der Waals surface area contributed by atoms with E-state index in [2.05, 4.69) is 43.0 Å². The Morgan fingerprint density at radius 3 is 2.41 bits per heavy atom. The largest absolute Gasteiger partial charge is 0.497 e. The number of anilines is 1. The molecule has 2 aromatic rings. The van der Waals surface area contributed by atoms with Crippen LogP contribution in [0.5, 0.6) is 5.75 Å². The number of carbonyl (C=O) groups excluding carboxylic acids is 3. The lowest BCUT2D eigenvalue weighted by Gasteiger charge is -2.24. The number of hydrogen-bond donors (Lipinski definition) is 2. The minimum atomic E-state index is -1.40. The van der Waals surface area contributed by atoms with Crippen LogP contribution in [0.4, 0.5) is 5.69 Å². The Morgan fingerprint density at radius 2 is 1.84 bits per heavy atom. The number of amides is 2. The van der Waals surface area contributed by atoms with Crippen molar-refractivity contribution in [2.75, 3.05) is 19.1 Å². The molecule has 7 nitrogen and oxygen atoms in total. The van der Waals surface area contributed by atoms with E-state index in [1.54, 1.807) is 31.4 Å². The van der Waals surface area contributed by atoms with E-state index in [0.29, 0.717) is 11.3 Å². The molecular weight excluding hydrogens is 422 g/mol. The molecule has 1 aliphatic rings. The Balaban J connectivity index is 1.60. The first-order valence-electron chi connectivity index (χ1n) is 10.8. The fraction of sp³-hybridized carbons (Fsp3) is 0.375. The second-order valence-electron chi connectivity index (χ2n) is 8.73. The second-order valence-corrected chi connectivity index (χ2v) is 13.8. The predicted octanol–water partition coefficient (Wildman–Crippen LogP) is 2.86. The highest BCUT2D eigenvalue weighted by Crippen LogP contribution is 2.28. The standard InChI is InChI=1S/C24H31N3O4Si/c1-5-32(3,4)21-12-8-19(9-13-21)25-26-24(30)18-14-23(29)27(15-18)22(16-28)17-6-10-20(31-2)11-7-17/h6-13,16,18,22,25H,5,14-15H2,1-4H3,(H,26,30). The van der Waals surface area contributed by atoms with E-state index >= 15 is 0 Å². The Kier molecular flexibility index (Phi) is 7.35. The molecule has 170 valence electrons. The first-order valence-corrected chi connectivity index (χ1v) is 14.0. The number of hydrogen-bond acceptors (Lipinski definition) is 5. The normalized spacial score (nSPS) is 17.1. The van der Waals surface area contributed by atoms with Crippen molar-refractivity contribution >= 4 is 37.0 Å². The number of rotatable bonds is 9. The van der Waals surface area contributed by atoms with E-state index in [4.69, 9.17) is 4.74 Å². The maximum absolute atomic E-state index is 12.7. The van der Waals surface area contributed by atoms with Gasteiger partial charge in [0.25, 0.3) is 0 Å². The molecule has 2 unspecified atom stereocenters. The minimum Gasteiger partial charge on any atom is -0.497 e. The zero-order chi connectivity index (χ0) is 23.3. The molecular formula is C24H31N3O4Si. The van der Waals surface area contributed by atoms with Crippen LogP contribution < -0.4 is 20.8 Å². The molecule has 0 aromatic heterocycles. The van der Waals surface area contributed by atoms with Crippen LogP contribution in [-0.4, -0.2) is 44.7 Å². The van der Waals surface area contributed by atoms with Gasteiger partial charge in [0.05, 0.1) is 26.8 Å². The number of ether oxygens (including phenoxy) is 1. The lowest BCUT2D eigenvalue weighted by atomic mass is 10.1. The van der Waals surface area contributed by atoms with E-state index in [9.17, 15) is 14.4 Å². The summed E-state index contributed by atoms with van der Waals surface area (Å²) in [5.74, 6) is -0.341. The molecule has 0 bridgehead atoms. The molecule has 2 amide bonds. The van der Waals surface area contributed by atoms with Crippen LogP contribution in [0, 0.1) is 5.92 Å². The third-order valence-electron chi connectivity index (χ3n) is 6.33. The molecule has 1 aliphatic heterocycles. The summed E-state index contributed by atoms with van der Waals surface area (Å²) < 4.78 is 5.14. The highest BCUT2D eigenvalue weighted by atomic mass is 28.3. The van der Waals surface area contributed by atoms with E-state index in [0.717, 1.165) is 12.0 Å². The maximum Gasteiger partial charge on any atom is 0.243 e. The average Bonchev–Trinajstić information content (AvgIpc) is 3.20. The molecule has 1 fully saturated rings. The van der Waals surface area contributed by atoms with Crippen molar-refractivity contribution in [1.29, 1.82) is 0 Å². The molecule has 3 rings (SSSR count). The summed E-state index contributed by atoms with van der Waals surface area (Å²) in [7, 11) is 0.166. The summed E-state index contributed by atoms with van der Waals surface area (Å²) in [6.07, 6.45) is 0.810. The first kappa shape index (κ1) is 23.5. The number of hydrazine groups is 1. The monoisotopic (exact) mass is 453 g/mol. The van der Waals surface area contributed by atoms with Crippen LogP contribution in [0.1, 0.15) is 24.9 Å². The van der Waals surface area contributed by atoms with Gasteiger partial charge in [-0.1, -0.05) is 55.5 Å². The van der Waals surface area contributed by atoms with Gasteiger partial charge < -0.3 is 14.4 Å². The van der Waals surface area contributed by atoms with Gasteiger partial charge in [-0.3, -0.25) is 20.4 Å².